The van der Waals surface area contributed by atoms with Crippen LogP contribution in [0.25, 0.3) is 11.3 Å². The molecule has 2 aromatic heterocycles. The molecule has 0 spiro atoms. The SMILES string of the molecule is CCc1occc1-c1ocnc1CNC1CC1. The van der Waals surface area contributed by atoms with Crippen LogP contribution in [0, 0.1) is 0 Å². The highest BCUT2D eigenvalue weighted by molar-refractivity contribution is 5.61. The molecule has 0 saturated heterocycles. The van der Waals surface area contributed by atoms with Crippen LogP contribution in [0.3, 0.4) is 0 Å². The van der Waals surface area contributed by atoms with Gasteiger partial charge in [0.1, 0.15) is 11.5 Å². The van der Waals surface area contributed by atoms with E-state index in [2.05, 4.69) is 17.2 Å². The fraction of sp³-hybridized carbons (Fsp3) is 0.462. The summed E-state index contributed by atoms with van der Waals surface area (Å²) in [6.07, 6.45) is 6.62. The first-order valence-corrected chi connectivity index (χ1v) is 6.11. The Hall–Kier alpha value is -1.55. The van der Waals surface area contributed by atoms with Crippen molar-refractivity contribution >= 4 is 0 Å². The van der Waals surface area contributed by atoms with E-state index in [4.69, 9.17) is 8.83 Å². The molecule has 1 fully saturated rings. The Bertz CT molecular complexity index is 497. The maximum Gasteiger partial charge on any atom is 0.181 e. The van der Waals surface area contributed by atoms with Crippen molar-refractivity contribution in [3.05, 3.63) is 30.2 Å². The van der Waals surface area contributed by atoms with E-state index in [9.17, 15) is 0 Å². The first-order chi connectivity index (χ1) is 8.38. The molecule has 3 rings (SSSR count). The predicted octanol–water partition coefficient (Wildman–Crippen LogP) is 2.75. The van der Waals surface area contributed by atoms with Crippen LogP contribution in [0.5, 0.6) is 0 Å². The van der Waals surface area contributed by atoms with Gasteiger partial charge in [0.15, 0.2) is 12.2 Å². The van der Waals surface area contributed by atoms with Crippen molar-refractivity contribution in [1.82, 2.24) is 10.3 Å². The molecule has 0 aromatic carbocycles. The second kappa shape index (κ2) is 4.37. The first kappa shape index (κ1) is 10.6. The van der Waals surface area contributed by atoms with Crippen molar-refractivity contribution in [3.63, 3.8) is 0 Å². The summed E-state index contributed by atoms with van der Waals surface area (Å²) in [7, 11) is 0. The molecule has 1 N–H and O–H groups in total. The zero-order chi connectivity index (χ0) is 11.7. The van der Waals surface area contributed by atoms with Gasteiger partial charge in [-0.2, -0.15) is 0 Å². The molecule has 0 amide bonds. The maximum absolute atomic E-state index is 5.49. The third-order valence-electron chi connectivity index (χ3n) is 3.09. The van der Waals surface area contributed by atoms with E-state index in [1.807, 2.05) is 6.07 Å². The lowest BCUT2D eigenvalue weighted by molar-refractivity contribution is 0.512. The molecular formula is C13H16N2O2. The minimum Gasteiger partial charge on any atom is -0.469 e. The minimum atomic E-state index is 0.676. The number of nitrogens with one attached hydrogen (secondary N) is 1. The molecule has 0 unspecified atom stereocenters. The zero-order valence-electron chi connectivity index (χ0n) is 9.90. The number of nitrogens with zero attached hydrogens (tertiary/aromatic N) is 1. The van der Waals surface area contributed by atoms with E-state index in [-0.39, 0.29) is 0 Å². The second-order valence-corrected chi connectivity index (χ2v) is 4.39. The second-order valence-electron chi connectivity index (χ2n) is 4.39. The Morgan fingerprint density at radius 3 is 3.06 bits per heavy atom. The quantitative estimate of drug-likeness (QED) is 0.861. The van der Waals surface area contributed by atoms with Gasteiger partial charge in [-0.25, -0.2) is 4.98 Å². The van der Waals surface area contributed by atoms with Gasteiger partial charge >= 0.3 is 0 Å². The van der Waals surface area contributed by atoms with Gasteiger partial charge < -0.3 is 14.2 Å². The highest BCUT2D eigenvalue weighted by Crippen LogP contribution is 2.28. The van der Waals surface area contributed by atoms with Crippen LogP contribution in [0.2, 0.25) is 0 Å². The van der Waals surface area contributed by atoms with E-state index < -0.39 is 0 Å². The molecule has 1 saturated carbocycles. The summed E-state index contributed by atoms with van der Waals surface area (Å²) in [4.78, 5) is 4.28. The molecule has 1 aliphatic rings. The number of hydrogen-bond donors (Lipinski definition) is 1. The average Bonchev–Trinajstić information content (AvgIpc) is 2.89. The number of hydrogen-bond acceptors (Lipinski definition) is 4. The molecule has 2 aromatic rings. The summed E-state index contributed by atoms with van der Waals surface area (Å²) >= 11 is 0. The lowest BCUT2D eigenvalue weighted by atomic mass is 10.1. The van der Waals surface area contributed by atoms with Gasteiger partial charge in [-0.15, -0.1) is 0 Å². The van der Waals surface area contributed by atoms with Gasteiger partial charge in [0.2, 0.25) is 0 Å². The van der Waals surface area contributed by atoms with E-state index in [0.29, 0.717) is 6.04 Å². The van der Waals surface area contributed by atoms with Crippen molar-refractivity contribution in [2.45, 2.75) is 38.8 Å². The number of oxazole rings is 1. The molecule has 0 radical (unpaired) electrons. The highest BCUT2D eigenvalue weighted by atomic mass is 16.3. The average molecular weight is 232 g/mol. The van der Waals surface area contributed by atoms with Crippen molar-refractivity contribution < 1.29 is 8.83 Å². The lowest BCUT2D eigenvalue weighted by Crippen LogP contribution is -2.16. The van der Waals surface area contributed by atoms with Crippen LogP contribution in [-0.4, -0.2) is 11.0 Å². The first-order valence-electron chi connectivity index (χ1n) is 6.11. The van der Waals surface area contributed by atoms with E-state index in [1.54, 1.807) is 6.26 Å². The smallest absolute Gasteiger partial charge is 0.181 e. The van der Waals surface area contributed by atoms with Crippen molar-refractivity contribution in [2.24, 2.45) is 0 Å². The van der Waals surface area contributed by atoms with E-state index in [0.717, 1.165) is 35.7 Å². The van der Waals surface area contributed by atoms with Crippen LogP contribution in [0.15, 0.2) is 27.6 Å². The highest BCUT2D eigenvalue weighted by Gasteiger charge is 2.22. The third-order valence-corrected chi connectivity index (χ3v) is 3.09. The molecule has 1 aliphatic carbocycles. The number of aryl methyl sites for hydroxylation is 1. The van der Waals surface area contributed by atoms with Crippen LogP contribution in [0.1, 0.15) is 31.2 Å². The van der Waals surface area contributed by atoms with Gasteiger partial charge in [0.25, 0.3) is 0 Å². The molecular weight excluding hydrogens is 216 g/mol. The molecule has 90 valence electrons. The predicted molar refractivity (Wildman–Crippen MR) is 63.4 cm³/mol. The topological polar surface area (TPSA) is 51.2 Å². The molecule has 4 nitrogen and oxygen atoms in total. The number of aromatic nitrogens is 1. The van der Waals surface area contributed by atoms with Crippen LogP contribution >= 0.6 is 0 Å². The van der Waals surface area contributed by atoms with Gasteiger partial charge in [0, 0.05) is 19.0 Å². The van der Waals surface area contributed by atoms with Gasteiger partial charge in [0.05, 0.1) is 11.8 Å². The molecule has 4 heteroatoms. The van der Waals surface area contributed by atoms with Crippen molar-refractivity contribution in [2.75, 3.05) is 0 Å². The Labute approximate surface area is 100 Å². The molecule has 0 bridgehead atoms. The molecule has 0 aliphatic heterocycles. The number of rotatable bonds is 5. The monoisotopic (exact) mass is 232 g/mol. The summed E-state index contributed by atoms with van der Waals surface area (Å²) in [5, 5.41) is 3.45. The largest absolute Gasteiger partial charge is 0.469 e. The standard InChI is InChI=1S/C13H16N2O2/c1-2-12-10(5-6-16-12)13-11(15-8-17-13)7-14-9-3-4-9/h5-6,8-9,14H,2-4,7H2,1H3. The van der Waals surface area contributed by atoms with Crippen LogP contribution in [-0.2, 0) is 13.0 Å². The minimum absolute atomic E-state index is 0.676. The molecule has 0 atom stereocenters. The molecule has 2 heterocycles. The third kappa shape index (κ3) is 2.13. The van der Waals surface area contributed by atoms with Gasteiger partial charge in [-0.1, -0.05) is 6.92 Å². The maximum atomic E-state index is 5.49. The normalized spacial score (nSPS) is 15.4. The summed E-state index contributed by atoms with van der Waals surface area (Å²) in [6, 6.07) is 2.62. The van der Waals surface area contributed by atoms with Crippen molar-refractivity contribution in [1.29, 1.82) is 0 Å². The van der Waals surface area contributed by atoms with Gasteiger partial charge in [-0.05, 0) is 18.9 Å². The summed E-state index contributed by atoms with van der Waals surface area (Å²) in [5.41, 5.74) is 1.99. The van der Waals surface area contributed by atoms with E-state index in [1.165, 1.54) is 19.2 Å². The van der Waals surface area contributed by atoms with Crippen LogP contribution in [0.4, 0.5) is 0 Å². The number of furan rings is 1. The Balaban J connectivity index is 1.83. The fourth-order valence-electron chi connectivity index (χ4n) is 1.96. The summed E-state index contributed by atoms with van der Waals surface area (Å²) in [5.74, 6) is 1.79. The molecule has 17 heavy (non-hydrogen) atoms. The summed E-state index contributed by atoms with van der Waals surface area (Å²) < 4.78 is 10.9. The van der Waals surface area contributed by atoms with Gasteiger partial charge in [-0.3, -0.25) is 0 Å². The lowest BCUT2D eigenvalue weighted by Gasteiger charge is -2.02. The Morgan fingerprint density at radius 2 is 2.29 bits per heavy atom. The van der Waals surface area contributed by atoms with E-state index >= 15 is 0 Å². The van der Waals surface area contributed by atoms with Crippen molar-refractivity contribution in [3.8, 4) is 11.3 Å². The Kier molecular flexibility index (Phi) is 2.73. The zero-order valence-corrected chi connectivity index (χ0v) is 9.90. The van der Waals surface area contributed by atoms with Crippen LogP contribution < -0.4 is 5.32 Å². The fourth-order valence-corrected chi connectivity index (χ4v) is 1.96. The Morgan fingerprint density at radius 1 is 1.41 bits per heavy atom. The summed E-state index contributed by atoms with van der Waals surface area (Å²) in [6.45, 7) is 2.84.